The van der Waals surface area contributed by atoms with Gasteiger partial charge in [0.25, 0.3) is 0 Å². The molecule has 2 aromatic rings. The number of halogens is 2. The van der Waals surface area contributed by atoms with Crippen molar-refractivity contribution in [1.29, 1.82) is 0 Å². The van der Waals surface area contributed by atoms with Crippen molar-refractivity contribution in [3.63, 3.8) is 0 Å². The van der Waals surface area contributed by atoms with Crippen LogP contribution in [0.25, 0.3) is 10.8 Å². The predicted molar refractivity (Wildman–Crippen MR) is 65.7 cm³/mol. The fraction of sp³-hybridized carbons (Fsp3) is 0.0909. The number of fused-ring (bicyclic) bond motifs is 1. The van der Waals surface area contributed by atoms with Crippen molar-refractivity contribution >= 4 is 42.6 Å². The van der Waals surface area contributed by atoms with E-state index in [9.17, 15) is 5.11 Å². The zero-order chi connectivity index (χ0) is 10.3. The van der Waals surface area contributed by atoms with E-state index in [1.165, 1.54) is 0 Å². The fourth-order valence-electron chi connectivity index (χ4n) is 1.49. The summed E-state index contributed by atoms with van der Waals surface area (Å²) in [6.07, 6.45) is 0. The Hall–Kier alpha value is -0.540. The minimum atomic E-state index is 0.304. The summed E-state index contributed by atoms with van der Waals surface area (Å²) in [6, 6.07) is 7.71. The van der Waals surface area contributed by atoms with Crippen LogP contribution < -0.4 is 0 Å². The zero-order valence-electron chi connectivity index (χ0n) is 7.51. The lowest BCUT2D eigenvalue weighted by atomic mass is 10.1. The van der Waals surface area contributed by atoms with Crippen molar-refractivity contribution in [3.05, 3.63) is 38.8 Å². The molecule has 0 spiro atoms. The number of phenols is 1. The third-order valence-electron chi connectivity index (χ3n) is 2.33. The normalized spacial score (nSPS) is 10.8. The highest BCUT2D eigenvalue weighted by Gasteiger charge is 2.07. The Balaban J connectivity index is 2.94. The molecule has 0 heterocycles. The van der Waals surface area contributed by atoms with Crippen molar-refractivity contribution in [2.24, 2.45) is 0 Å². The Kier molecular flexibility index (Phi) is 2.54. The first-order chi connectivity index (χ1) is 6.61. The second kappa shape index (κ2) is 3.55. The first-order valence-corrected chi connectivity index (χ1v) is 5.76. The third kappa shape index (κ3) is 1.44. The molecule has 2 rings (SSSR count). The van der Waals surface area contributed by atoms with Crippen LogP contribution >= 0.6 is 31.9 Å². The largest absolute Gasteiger partial charge is 0.506 e. The van der Waals surface area contributed by atoms with E-state index in [-0.39, 0.29) is 0 Å². The molecule has 0 aliphatic heterocycles. The third-order valence-corrected chi connectivity index (χ3v) is 3.83. The second-order valence-corrected chi connectivity index (χ2v) is 4.87. The number of benzene rings is 2. The summed E-state index contributed by atoms with van der Waals surface area (Å²) in [4.78, 5) is 0. The van der Waals surface area contributed by atoms with E-state index in [1.54, 1.807) is 0 Å². The van der Waals surface area contributed by atoms with Crippen molar-refractivity contribution in [3.8, 4) is 5.75 Å². The monoisotopic (exact) mass is 314 g/mol. The number of aryl methyl sites for hydroxylation is 1. The minimum absolute atomic E-state index is 0.304. The highest BCUT2D eigenvalue weighted by atomic mass is 79.9. The van der Waals surface area contributed by atoms with Crippen LogP contribution in [-0.2, 0) is 0 Å². The van der Waals surface area contributed by atoms with Crippen LogP contribution in [0.3, 0.4) is 0 Å². The van der Waals surface area contributed by atoms with Crippen molar-refractivity contribution in [1.82, 2.24) is 0 Å². The van der Waals surface area contributed by atoms with Gasteiger partial charge in [-0.25, -0.2) is 0 Å². The van der Waals surface area contributed by atoms with Crippen LogP contribution in [0.4, 0.5) is 0 Å². The molecule has 0 bridgehead atoms. The van der Waals surface area contributed by atoms with Gasteiger partial charge in [0.05, 0.1) is 4.47 Å². The quantitative estimate of drug-likeness (QED) is 0.765. The van der Waals surface area contributed by atoms with E-state index in [2.05, 4.69) is 31.9 Å². The van der Waals surface area contributed by atoms with Crippen LogP contribution in [0.1, 0.15) is 5.56 Å². The SMILES string of the molecule is Cc1c(Br)ccc2c(O)c(Br)ccc12. The molecular formula is C11H8Br2O. The maximum atomic E-state index is 9.81. The van der Waals surface area contributed by atoms with Gasteiger partial charge in [-0.3, -0.25) is 0 Å². The van der Waals surface area contributed by atoms with Crippen molar-refractivity contribution in [2.75, 3.05) is 0 Å². The molecule has 72 valence electrons. The molecule has 1 nitrogen and oxygen atoms in total. The molecule has 1 N–H and O–H groups in total. The maximum Gasteiger partial charge on any atom is 0.137 e. The summed E-state index contributed by atoms with van der Waals surface area (Å²) in [5.41, 5.74) is 1.14. The van der Waals surface area contributed by atoms with Crippen LogP contribution in [0, 0.1) is 6.92 Å². The molecule has 0 saturated heterocycles. The maximum absolute atomic E-state index is 9.81. The molecule has 0 unspecified atom stereocenters. The molecule has 0 radical (unpaired) electrons. The van der Waals surface area contributed by atoms with Crippen LogP contribution in [0.2, 0.25) is 0 Å². The van der Waals surface area contributed by atoms with Gasteiger partial charge in [-0.15, -0.1) is 0 Å². The van der Waals surface area contributed by atoms with Gasteiger partial charge in [-0.05, 0) is 52.0 Å². The highest BCUT2D eigenvalue weighted by molar-refractivity contribution is 9.10. The Morgan fingerprint density at radius 1 is 0.929 bits per heavy atom. The van der Waals surface area contributed by atoms with Crippen LogP contribution in [-0.4, -0.2) is 5.11 Å². The average Bonchev–Trinajstić information content (AvgIpc) is 2.17. The number of rotatable bonds is 0. The van der Waals surface area contributed by atoms with Gasteiger partial charge in [-0.2, -0.15) is 0 Å². The summed E-state index contributed by atoms with van der Waals surface area (Å²) >= 11 is 6.76. The lowest BCUT2D eigenvalue weighted by molar-refractivity contribution is 0.478. The Labute approximate surface area is 99.0 Å². The molecule has 0 aliphatic rings. The molecule has 0 saturated carbocycles. The Morgan fingerprint density at radius 3 is 2.21 bits per heavy atom. The summed E-state index contributed by atoms with van der Waals surface area (Å²) in [7, 11) is 0. The second-order valence-electron chi connectivity index (χ2n) is 3.16. The molecule has 0 atom stereocenters. The van der Waals surface area contributed by atoms with E-state index >= 15 is 0 Å². The molecule has 0 fully saturated rings. The number of hydrogen-bond donors (Lipinski definition) is 1. The molecule has 14 heavy (non-hydrogen) atoms. The summed E-state index contributed by atoms with van der Waals surface area (Å²) in [6.45, 7) is 2.03. The number of aromatic hydroxyl groups is 1. The number of hydrogen-bond acceptors (Lipinski definition) is 1. The fourth-order valence-corrected chi connectivity index (χ4v) is 2.18. The summed E-state index contributed by atoms with van der Waals surface area (Å²) < 4.78 is 1.79. The molecule has 0 aliphatic carbocycles. The Morgan fingerprint density at radius 2 is 1.50 bits per heavy atom. The molecule has 0 amide bonds. The van der Waals surface area contributed by atoms with Gasteiger partial charge in [0.1, 0.15) is 5.75 Å². The van der Waals surface area contributed by atoms with Crippen LogP contribution in [0.5, 0.6) is 5.75 Å². The average molecular weight is 316 g/mol. The lowest BCUT2D eigenvalue weighted by Crippen LogP contribution is -1.81. The van der Waals surface area contributed by atoms with E-state index < -0.39 is 0 Å². The van der Waals surface area contributed by atoms with Gasteiger partial charge >= 0.3 is 0 Å². The Bertz CT molecular complexity index is 459. The molecule has 3 heteroatoms. The highest BCUT2D eigenvalue weighted by Crippen LogP contribution is 2.35. The lowest BCUT2D eigenvalue weighted by Gasteiger charge is -2.07. The molecule has 2 aromatic carbocycles. The first-order valence-electron chi connectivity index (χ1n) is 4.17. The van der Waals surface area contributed by atoms with E-state index in [1.807, 2.05) is 31.2 Å². The van der Waals surface area contributed by atoms with Gasteiger partial charge in [0.2, 0.25) is 0 Å². The van der Waals surface area contributed by atoms with E-state index in [4.69, 9.17) is 0 Å². The van der Waals surface area contributed by atoms with Gasteiger partial charge in [0.15, 0.2) is 0 Å². The smallest absolute Gasteiger partial charge is 0.137 e. The summed E-state index contributed by atoms with van der Waals surface area (Å²) in [5.74, 6) is 0.304. The van der Waals surface area contributed by atoms with Gasteiger partial charge in [-0.1, -0.05) is 22.0 Å². The molecule has 0 aromatic heterocycles. The van der Waals surface area contributed by atoms with E-state index in [0.717, 1.165) is 25.3 Å². The number of phenolic OH excluding ortho intramolecular Hbond substituents is 1. The van der Waals surface area contributed by atoms with Gasteiger partial charge < -0.3 is 5.11 Å². The van der Waals surface area contributed by atoms with Crippen molar-refractivity contribution in [2.45, 2.75) is 6.92 Å². The van der Waals surface area contributed by atoms with E-state index in [0.29, 0.717) is 5.75 Å². The van der Waals surface area contributed by atoms with Gasteiger partial charge in [0, 0.05) is 9.86 Å². The van der Waals surface area contributed by atoms with Crippen molar-refractivity contribution < 1.29 is 5.11 Å². The first kappa shape index (κ1) is 9.99. The zero-order valence-corrected chi connectivity index (χ0v) is 10.7. The minimum Gasteiger partial charge on any atom is -0.506 e. The summed E-state index contributed by atoms with van der Waals surface area (Å²) in [5, 5.41) is 11.8. The predicted octanol–water partition coefficient (Wildman–Crippen LogP) is 4.38. The van der Waals surface area contributed by atoms with Crippen LogP contribution in [0.15, 0.2) is 33.2 Å². The topological polar surface area (TPSA) is 20.2 Å². The standard InChI is InChI=1S/C11H8Br2O/c1-6-7-2-5-10(13)11(14)8(7)3-4-9(6)12/h2-5,14H,1H3. The molecular weight excluding hydrogens is 308 g/mol.